The average molecular weight is 261 g/mol. The molecule has 0 radical (unpaired) electrons. The van der Waals surface area contributed by atoms with E-state index >= 15 is 0 Å². The predicted molar refractivity (Wildman–Crippen MR) is 76.8 cm³/mol. The van der Waals surface area contributed by atoms with Crippen molar-refractivity contribution >= 4 is 11.3 Å². The molecule has 0 aliphatic rings. The number of thiophene rings is 1. The normalized spacial score (nSPS) is 12.5. The third kappa shape index (κ3) is 4.26. The Morgan fingerprint density at radius 2 is 2.00 bits per heavy atom. The van der Waals surface area contributed by atoms with E-state index in [1.165, 1.54) is 10.4 Å². The molecule has 0 saturated heterocycles. The molecule has 1 N–H and O–H groups in total. The van der Waals surface area contributed by atoms with E-state index in [1.807, 2.05) is 18.2 Å². The zero-order valence-electron chi connectivity index (χ0n) is 10.6. The zero-order chi connectivity index (χ0) is 12.6. The van der Waals surface area contributed by atoms with Gasteiger partial charge in [0.1, 0.15) is 0 Å². The third-order valence-electron chi connectivity index (χ3n) is 2.80. The van der Waals surface area contributed by atoms with E-state index in [2.05, 4.69) is 41.9 Å². The SMILES string of the molecule is CC(OCCNCc1cccs1)c1ccccc1. The summed E-state index contributed by atoms with van der Waals surface area (Å²) in [5.41, 5.74) is 1.23. The van der Waals surface area contributed by atoms with Crippen molar-refractivity contribution in [1.29, 1.82) is 0 Å². The fraction of sp³-hybridized carbons (Fsp3) is 0.333. The minimum Gasteiger partial charge on any atom is -0.373 e. The van der Waals surface area contributed by atoms with Crippen molar-refractivity contribution in [3.63, 3.8) is 0 Å². The first kappa shape index (κ1) is 13.3. The molecule has 18 heavy (non-hydrogen) atoms. The van der Waals surface area contributed by atoms with Gasteiger partial charge in [0, 0.05) is 18.0 Å². The molecular weight excluding hydrogens is 242 g/mol. The van der Waals surface area contributed by atoms with Crippen molar-refractivity contribution in [2.75, 3.05) is 13.2 Å². The van der Waals surface area contributed by atoms with Gasteiger partial charge in [-0.15, -0.1) is 11.3 Å². The maximum Gasteiger partial charge on any atom is 0.0797 e. The molecule has 1 heterocycles. The molecule has 0 aliphatic heterocycles. The van der Waals surface area contributed by atoms with E-state index in [-0.39, 0.29) is 6.10 Å². The van der Waals surface area contributed by atoms with Gasteiger partial charge in [-0.05, 0) is 23.9 Å². The van der Waals surface area contributed by atoms with Crippen molar-refractivity contribution in [2.45, 2.75) is 19.6 Å². The molecule has 0 saturated carbocycles. The molecular formula is C15H19NOS. The van der Waals surface area contributed by atoms with Crippen LogP contribution in [0.1, 0.15) is 23.5 Å². The molecule has 1 atom stereocenters. The third-order valence-corrected chi connectivity index (χ3v) is 3.67. The summed E-state index contributed by atoms with van der Waals surface area (Å²) < 4.78 is 5.79. The van der Waals surface area contributed by atoms with Gasteiger partial charge < -0.3 is 10.1 Å². The molecule has 1 aromatic carbocycles. The van der Waals surface area contributed by atoms with E-state index in [0.717, 1.165) is 19.7 Å². The van der Waals surface area contributed by atoms with E-state index < -0.39 is 0 Å². The van der Waals surface area contributed by atoms with Crippen LogP contribution in [0.25, 0.3) is 0 Å². The van der Waals surface area contributed by atoms with Gasteiger partial charge in [-0.1, -0.05) is 36.4 Å². The van der Waals surface area contributed by atoms with Gasteiger partial charge in [0.25, 0.3) is 0 Å². The Balaban J connectivity index is 1.61. The minimum absolute atomic E-state index is 0.162. The summed E-state index contributed by atoms with van der Waals surface area (Å²) in [7, 11) is 0. The maximum atomic E-state index is 5.79. The van der Waals surface area contributed by atoms with E-state index in [9.17, 15) is 0 Å². The first-order valence-corrected chi connectivity index (χ1v) is 7.14. The molecule has 2 rings (SSSR count). The molecule has 1 aromatic heterocycles. The van der Waals surface area contributed by atoms with Crippen LogP contribution >= 0.6 is 11.3 Å². The molecule has 96 valence electrons. The Morgan fingerprint density at radius 1 is 1.17 bits per heavy atom. The Morgan fingerprint density at radius 3 is 2.72 bits per heavy atom. The highest BCUT2D eigenvalue weighted by Crippen LogP contribution is 2.15. The Hall–Kier alpha value is -1.16. The van der Waals surface area contributed by atoms with Crippen LogP contribution in [0.2, 0.25) is 0 Å². The molecule has 0 spiro atoms. The largest absolute Gasteiger partial charge is 0.373 e. The maximum absolute atomic E-state index is 5.79. The summed E-state index contributed by atoms with van der Waals surface area (Å²) in [4.78, 5) is 1.37. The number of nitrogens with one attached hydrogen (secondary N) is 1. The lowest BCUT2D eigenvalue weighted by molar-refractivity contribution is 0.0676. The first-order chi connectivity index (χ1) is 8.86. The summed E-state index contributed by atoms with van der Waals surface area (Å²) in [6.45, 7) is 4.64. The molecule has 0 aliphatic carbocycles. The molecule has 0 amide bonds. The van der Waals surface area contributed by atoms with Crippen LogP contribution in [0, 0.1) is 0 Å². The molecule has 2 aromatic rings. The Kier molecular flexibility index (Phi) is 5.39. The standard InChI is InChI=1S/C15H19NOS/c1-13(14-6-3-2-4-7-14)17-10-9-16-12-15-8-5-11-18-15/h2-8,11,13,16H,9-10,12H2,1H3. The minimum atomic E-state index is 0.162. The van der Waals surface area contributed by atoms with Crippen molar-refractivity contribution in [2.24, 2.45) is 0 Å². The van der Waals surface area contributed by atoms with Crippen molar-refractivity contribution in [3.05, 3.63) is 58.3 Å². The summed E-state index contributed by atoms with van der Waals surface area (Å²) in [5.74, 6) is 0. The molecule has 0 fully saturated rings. The van der Waals surface area contributed by atoms with Crippen molar-refractivity contribution in [1.82, 2.24) is 5.32 Å². The number of benzene rings is 1. The van der Waals surface area contributed by atoms with Gasteiger partial charge in [0.15, 0.2) is 0 Å². The van der Waals surface area contributed by atoms with Crippen LogP contribution in [-0.4, -0.2) is 13.2 Å². The van der Waals surface area contributed by atoms with Gasteiger partial charge in [0.05, 0.1) is 12.7 Å². The van der Waals surface area contributed by atoms with Crippen LogP contribution in [0.15, 0.2) is 47.8 Å². The number of rotatable bonds is 7. The van der Waals surface area contributed by atoms with E-state index in [0.29, 0.717) is 0 Å². The van der Waals surface area contributed by atoms with Gasteiger partial charge in [-0.25, -0.2) is 0 Å². The summed E-state index contributed by atoms with van der Waals surface area (Å²) in [5, 5.41) is 5.48. The summed E-state index contributed by atoms with van der Waals surface area (Å²) in [6.07, 6.45) is 0.162. The smallest absolute Gasteiger partial charge is 0.0797 e. The van der Waals surface area contributed by atoms with Gasteiger partial charge >= 0.3 is 0 Å². The van der Waals surface area contributed by atoms with E-state index in [4.69, 9.17) is 4.74 Å². The summed E-state index contributed by atoms with van der Waals surface area (Å²) >= 11 is 1.78. The van der Waals surface area contributed by atoms with E-state index in [1.54, 1.807) is 11.3 Å². The topological polar surface area (TPSA) is 21.3 Å². The van der Waals surface area contributed by atoms with Crippen LogP contribution in [0.5, 0.6) is 0 Å². The fourth-order valence-electron chi connectivity index (χ4n) is 1.75. The van der Waals surface area contributed by atoms with Crippen LogP contribution in [-0.2, 0) is 11.3 Å². The Labute approximate surface area is 113 Å². The lowest BCUT2D eigenvalue weighted by Gasteiger charge is -2.13. The summed E-state index contributed by atoms with van der Waals surface area (Å²) in [6, 6.07) is 14.5. The predicted octanol–water partition coefficient (Wildman–Crippen LogP) is 3.62. The van der Waals surface area contributed by atoms with Crippen molar-refractivity contribution in [3.8, 4) is 0 Å². The second-order valence-electron chi connectivity index (χ2n) is 4.18. The van der Waals surface area contributed by atoms with Crippen molar-refractivity contribution < 1.29 is 4.74 Å². The molecule has 0 bridgehead atoms. The first-order valence-electron chi connectivity index (χ1n) is 6.26. The highest BCUT2D eigenvalue weighted by molar-refractivity contribution is 7.09. The highest BCUT2D eigenvalue weighted by Gasteiger charge is 2.03. The fourth-order valence-corrected chi connectivity index (χ4v) is 2.43. The van der Waals surface area contributed by atoms with Crippen LogP contribution in [0.4, 0.5) is 0 Å². The number of hydrogen-bond acceptors (Lipinski definition) is 3. The highest BCUT2D eigenvalue weighted by atomic mass is 32.1. The molecule has 2 nitrogen and oxygen atoms in total. The Bertz CT molecular complexity index is 427. The van der Waals surface area contributed by atoms with Gasteiger partial charge in [-0.3, -0.25) is 0 Å². The second-order valence-corrected chi connectivity index (χ2v) is 5.21. The molecule has 3 heteroatoms. The van der Waals surface area contributed by atoms with Crippen LogP contribution in [0.3, 0.4) is 0 Å². The quantitative estimate of drug-likeness (QED) is 0.769. The number of hydrogen-bond donors (Lipinski definition) is 1. The lowest BCUT2D eigenvalue weighted by atomic mass is 10.1. The van der Waals surface area contributed by atoms with Gasteiger partial charge in [0.2, 0.25) is 0 Å². The zero-order valence-corrected chi connectivity index (χ0v) is 11.5. The average Bonchev–Trinajstić information content (AvgIpc) is 2.92. The number of ether oxygens (including phenoxy) is 1. The lowest BCUT2D eigenvalue weighted by Crippen LogP contribution is -2.19. The monoisotopic (exact) mass is 261 g/mol. The van der Waals surface area contributed by atoms with Gasteiger partial charge in [-0.2, -0.15) is 0 Å². The van der Waals surface area contributed by atoms with Crippen LogP contribution < -0.4 is 5.32 Å². The second kappa shape index (κ2) is 7.31. The molecule has 1 unspecified atom stereocenters.